The molecule has 0 saturated carbocycles. The Balaban J connectivity index is 1.80. The number of amides is 1. The highest BCUT2D eigenvalue weighted by molar-refractivity contribution is 7.90. The fourth-order valence-electron chi connectivity index (χ4n) is 4.26. The number of nitrogen functional groups attached to an aromatic ring is 1. The van der Waals surface area contributed by atoms with E-state index in [1.165, 1.54) is 23.8 Å². The van der Waals surface area contributed by atoms with Gasteiger partial charge >= 0.3 is 0 Å². The molecule has 170 valence electrons. The topological polar surface area (TPSA) is 94.2 Å². The van der Waals surface area contributed by atoms with Crippen molar-refractivity contribution in [2.75, 3.05) is 5.73 Å². The molecule has 0 aliphatic heterocycles. The summed E-state index contributed by atoms with van der Waals surface area (Å²) in [6, 6.07) is 17.8. The molecule has 6 nitrogen and oxygen atoms in total. The van der Waals surface area contributed by atoms with Crippen molar-refractivity contribution in [1.82, 2.24) is 9.29 Å². The van der Waals surface area contributed by atoms with Crippen LogP contribution >= 0.6 is 0 Å². The largest absolute Gasteiger partial charge is 0.399 e. The molecule has 0 bridgehead atoms. The summed E-state index contributed by atoms with van der Waals surface area (Å²) >= 11 is 0. The number of carbonyl (C=O) groups is 1. The molecule has 0 radical (unpaired) electrons. The number of carbonyl (C=O) groups excluding carboxylic acids is 1. The molecular formula is C26H27N3O3S. The lowest BCUT2D eigenvalue weighted by atomic mass is 9.99. The number of aryl methyl sites for hydroxylation is 4. The van der Waals surface area contributed by atoms with E-state index in [4.69, 9.17) is 5.73 Å². The second kappa shape index (κ2) is 8.41. The molecule has 0 unspecified atom stereocenters. The molecule has 1 heterocycles. The molecule has 0 atom stereocenters. The van der Waals surface area contributed by atoms with Crippen LogP contribution in [0.3, 0.4) is 0 Å². The van der Waals surface area contributed by atoms with Gasteiger partial charge in [-0.2, -0.15) is 0 Å². The zero-order valence-corrected chi connectivity index (χ0v) is 20.0. The van der Waals surface area contributed by atoms with Gasteiger partial charge in [0.25, 0.3) is 15.9 Å². The minimum absolute atomic E-state index is 0.0559. The Bertz CT molecular complexity index is 1480. The molecule has 0 saturated heterocycles. The SMILES string of the molecule is Cc1cc(C)c(Cn2c(C(=O)NS(=O)(=O)c3cccc(N)c3)cc3ccc(C)cc32)c(C)c1. The average molecular weight is 462 g/mol. The molecule has 1 aromatic heterocycles. The number of hydrogen-bond donors (Lipinski definition) is 2. The molecule has 0 aliphatic carbocycles. The van der Waals surface area contributed by atoms with Crippen LogP contribution < -0.4 is 10.5 Å². The van der Waals surface area contributed by atoms with Gasteiger partial charge in [0.1, 0.15) is 5.69 Å². The van der Waals surface area contributed by atoms with E-state index in [2.05, 4.69) is 37.6 Å². The first-order chi connectivity index (χ1) is 15.5. The number of aromatic nitrogens is 1. The van der Waals surface area contributed by atoms with Crippen LogP contribution in [0.15, 0.2) is 65.6 Å². The van der Waals surface area contributed by atoms with Gasteiger partial charge in [-0.05, 0) is 80.3 Å². The van der Waals surface area contributed by atoms with E-state index in [1.54, 1.807) is 12.1 Å². The number of anilines is 1. The van der Waals surface area contributed by atoms with Crippen LogP contribution in [0.1, 0.15) is 38.3 Å². The molecule has 1 amide bonds. The Hall–Kier alpha value is -3.58. The van der Waals surface area contributed by atoms with Crippen molar-refractivity contribution in [3.63, 3.8) is 0 Å². The molecular weight excluding hydrogens is 434 g/mol. The lowest BCUT2D eigenvalue weighted by Gasteiger charge is -2.16. The van der Waals surface area contributed by atoms with Crippen LogP contribution in [-0.2, 0) is 16.6 Å². The smallest absolute Gasteiger partial charge is 0.281 e. The van der Waals surface area contributed by atoms with Gasteiger partial charge in [-0.25, -0.2) is 13.1 Å². The van der Waals surface area contributed by atoms with E-state index in [9.17, 15) is 13.2 Å². The minimum Gasteiger partial charge on any atom is -0.399 e. The Morgan fingerprint density at radius 1 is 0.909 bits per heavy atom. The number of fused-ring (bicyclic) bond motifs is 1. The second-order valence-corrected chi connectivity index (χ2v) is 10.2. The van der Waals surface area contributed by atoms with Gasteiger partial charge in [-0.3, -0.25) is 4.79 Å². The van der Waals surface area contributed by atoms with Gasteiger partial charge in [-0.1, -0.05) is 35.9 Å². The Labute approximate surface area is 194 Å². The second-order valence-electron chi connectivity index (χ2n) is 8.56. The minimum atomic E-state index is -4.08. The zero-order chi connectivity index (χ0) is 23.9. The third kappa shape index (κ3) is 4.50. The van der Waals surface area contributed by atoms with Crippen molar-refractivity contribution in [3.8, 4) is 0 Å². The van der Waals surface area contributed by atoms with Crippen LogP contribution in [0, 0.1) is 27.7 Å². The third-order valence-electron chi connectivity index (χ3n) is 5.84. The summed E-state index contributed by atoms with van der Waals surface area (Å²) in [6.07, 6.45) is 0. The summed E-state index contributed by atoms with van der Waals surface area (Å²) in [4.78, 5) is 13.2. The Morgan fingerprint density at radius 3 is 2.27 bits per heavy atom. The summed E-state index contributed by atoms with van der Waals surface area (Å²) in [5.41, 5.74) is 12.8. The van der Waals surface area contributed by atoms with E-state index in [-0.39, 0.29) is 10.6 Å². The third-order valence-corrected chi connectivity index (χ3v) is 7.17. The molecule has 7 heteroatoms. The predicted molar refractivity (Wildman–Crippen MR) is 132 cm³/mol. The van der Waals surface area contributed by atoms with Crippen molar-refractivity contribution >= 4 is 32.5 Å². The number of nitrogens with one attached hydrogen (secondary N) is 1. The quantitative estimate of drug-likeness (QED) is 0.424. The first kappa shape index (κ1) is 22.6. The Morgan fingerprint density at radius 2 is 1.61 bits per heavy atom. The number of nitrogens with two attached hydrogens (primary N) is 1. The van der Waals surface area contributed by atoms with Crippen molar-refractivity contribution in [3.05, 3.63) is 94.2 Å². The molecule has 3 aromatic carbocycles. The average Bonchev–Trinajstić information content (AvgIpc) is 3.08. The van der Waals surface area contributed by atoms with Crippen LogP contribution in [0.2, 0.25) is 0 Å². The molecule has 4 rings (SSSR count). The van der Waals surface area contributed by atoms with E-state index in [0.717, 1.165) is 33.2 Å². The van der Waals surface area contributed by atoms with Crippen LogP contribution in [-0.4, -0.2) is 18.9 Å². The fourth-order valence-corrected chi connectivity index (χ4v) is 5.27. The summed E-state index contributed by atoms with van der Waals surface area (Å²) in [7, 11) is -4.08. The summed E-state index contributed by atoms with van der Waals surface area (Å²) < 4.78 is 29.8. The maximum atomic E-state index is 13.3. The number of hydrogen-bond acceptors (Lipinski definition) is 4. The van der Waals surface area contributed by atoms with E-state index in [1.807, 2.05) is 29.7 Å². The first-order valence-corrected chi connectivity index (χ1v) is 12.1. The molecule has 0 spiro atoms. The number of rotatable bonds is 5. The van der Waals surface area contributed by atoms with Crippen molar-refractivity contribution in [2.45, 2.75) is 39.1 Å². The molecule has 3 N–H and O–H groups in total. The van der Waals surface area contributed by atoms with Gasteiger partial charge in [0, 0.05) is 23.1 Å². The summed E-state index contributed by atoms with van der Waals surface area (Å²) in [5.74, 6) is -0.686. The molecule has 0 fully saturated rings. The fraction of sp³-hybridized carbons (Fsp3) is 0.192. The highest BCUT2D eigenvalue weighted by Gasteiger charge is 2.23. The normalized spacial score (nSPS) is 11.6. The van der Waals surface area contributed by atoms with Gasteiger partial charge < -0.3 is 10.3 Å². The number of sulfonamides is 1. The predicted octanol–water partition coefficient (Wildman–Crippen LogP) is 4.62. The van der Waals surface area contributed by atoms with Gasteiger partial charge in [-0.15, -0.1) is 0 Å². The van der Waals surface area contributed by atoms with E-state index >= 15 is 0 Å². The van der Waals surface area contributed by atoms with E-state index in [0.29, 0.717) is 12.2 Å². The Kier molecular flexibility index (Phi) is 5.76. The van der Waals surface area contributed by atoms with Crippen LogP contribution in [0.5, 0.6) is 0 Å². The van der Waals surface area contributed by atoms with Gasteiger partial charge in [0.15, 0.2) is 0 Å². The highest BCUT2D eigenvalue weighted by atomic mass is 32.2. The van der Waals surface area contributed by atoms with Gasteiger partial charge in [0.05, 0.1) is 4.90 Å². The van der Waals surface area contributed by atoms with Crippen LogP contribution in [0.4, 0.5) is 5.69 Å². The maximum Gasteiger partial charge on any atom is 0.281 e. The molecule has 33 heavy (non-hydrogen) atoms. The number of benzene rings is 3. The van der Waals surface area contributed by atoms with Crippen LogP contribution in [0.25, 0.3) is 10.9 Å². The molecule has 0 aliphatic rings. The molecule has 4 aromatic rings. The van der Waals surface area contributed by atoms with Crippen molar-refractivity contribution < 1.29 is 13.2 Å². The zero-order valence-electron chi connectivity index (χ0n) is 19.1. The number of nitrogens with zero attached hydrogens (tertiary/aromatic N) is 1. The summed E-state index contributed by atoms with van der Waals surface area (Å²) in [5, 5.41) is 0.870. The highest BCUT2D eigenvalue weighted by Crippen LogP contribution is 2.26. The lowest BCUT2D eigenvalue weighted by molar-refractivity contribution is 0.0973. The van der Waals surface area contributed by atoms with E-state index < -0.39 is 15.9 Å². The summed E-state index contributed by atoms with van der Waals surface area (Å²) in [6.45, 7) is 8.60. The lowest BCUT2D eigenvalue weighted by Crippen LogP contribution is -2.32. The van der Waals surface area contributed by atoms with Crippen molar-refractivity contribution in [2.24, 2.45) is 0 Å². The first-order valence-electron chi connectivity index (χ1n) is 10.6. The standard InChI is InChI=1S/C26H27N3O3S/c1-16-8-9-20-13-25(26(30)28-33(31,32)22-7-5-6-21(27)14-22)29(24(20)12-16)15-23-18(3)10-17(2)11-19(23)4/h5-14H,15,27H2,1-4H3,(H,28,30). The maximum absolute atomic E-state index is 13.3. The monoisotopic (exact) mass is 461 g/mol. The van der Waals surface area contributed by atoms with Crippen molar-refractivity contribution in [1.29, 1.82) is 0 Å². The van der Waals surface area contributed by atoms with Gasteiger partial charge in [0.2, 0.25) is 0 Å².